The summed E-state index contributed by atoms with van der Waals surface area (Å²) in [6, 6.07) is 29.6. The molecule has 6 saturated heterocycles. The van der Waals surface area contributed by atoms with Crippen molar-refractivity contribution in [1.29, 1.82) is 0 Å². The molecule has 4 unspecified atom stereocenters. The number of fused-ring (bicyclic) bond motifs is 6. The highest BCUT2D eigenvalue weighted by Crippen LogP contribution is 2.36. The van der Waals surface area contributed by atoms with Gasteiger partial charge in [-0.15, -0.1) is 0 Å². The number of carbonyl (C=O) groups excluding carboxylic acids is 4. The van der Waals surface area contributed by atoms with Gasteiger partial charge in [-0.05, 0) is 168 Å². The maximum atomic E-state index is 13.0. The number of hydrogen-bond donors (Lipinski definition) is 5. The molecule has 0 radical (unpaired) electrons. The first-order chi connectivity index (χ1) is 64.2. The van der Waals surface area contributed by atoms with E-state index < -0.39 is 12.9 Å². The number of aliphatic hydroxyl groups excluding tert-OH is 1. The molecule has 21 rings (SSSR count). The van der Waals surface area contributed by atoms with Crippen molar-refractivity contribution in [1.82, 2.24) is 129 Å². The summed E-state index contributed by atoms with van der Waals surface area (Å²) in [5.41, 5.74) is 15.2. The van der Waals surface area contributed by atoms with Crippen molar-refractivity contribution < 1.29 is 41.8 Å². The van der Waals surface area contributed by atoms with Gasteiger partial charge in [0.2, 0.25) is 17.7 Å². The summed E-state index contributed by atoms with van der Waals surface area (Å²) in [6.07, 6.45) is 18.7. The number of primary amides is 1. The SMILES string of the molecule is CC(=O)CC1CCCN(c2cc(-c3cnc4ccc(C(F)F)nn34)ncn2)C1.Clc1ccc2ncc(-c3ccnc(N4CCC5CNCC5C4)c3)n2n1.NC(=O)[C@H]1CCCN(c2cc(-c3cnc4ccc(Cl)nn34)ccn2)C1.O=C(NCCO)C1CCCN(c2cc(-c3cnc4ccc(C(F)F)nn34)ncn2)C1.O=C1CCN(c2cc(-c3cnc4ccc(Cl)nn34)ncn2)CCN1. The van der Waals surface area contributed by atoms with E-state index in [0.717, 1.165) is 159 Å². The van der Waals surface area contributed by atoms with Crippen LogP contribution < -0.4 is 46.2 Å². The highest BCUT2D eigenvalue weighted by atomic mass is 35.5. The van der Waals surface area contributed by atoms with Gasteiger partial charge < -0.3 is 56.1 Å². The summed E-state index contributed by atoms with van der Waals surface area (Å²) in [6.45, 7) is 12.4. The topological polar surface area (TPSA) is 421 Å². The lowest BCUT2D eigenvalue weighted by Crippen LogP contribution is -2.44. The zero-order chi connectivity index (χ0) is 91.5. The van der Waals surface area contributed by atoms with E-state index in [9.17, 15) is 36.7 Å². The fourth-order valence-electron chi connectivity index (χ4n) is 17.2. The van der Waals surface area contributed by atoms with Crippen molar-refractivity contribution in [2.24, 2.45) is 35.3 Å². The van der Waals surface area contributed by atoms with Crippen LogP contribution in [0.5, 0.6) is 0 Å². The largest absolute Gasteiger partial charge is 0.395 e. The normalized spacial score (nSPS) is 18.1. The lowest BCUT2D eigenvalue weighted by Gasteiger charge is -2.35. The highest BCUT2D eigenvalue weighted by Gasteiger charge is 2.35. The van der Waals surface area contributed by atoms with Crippen molar-refractivity contribution >= 4 is 116 Å². The summed E-state index contributed by atoms with van der Waals surface area (Å²) in [4.78, 5) is 114. The smallest absolute Gasteiger partial charge is 0.282 e. The molecule has 6 aliphatic heterocycles. The van der Waals surface area contributed by atoms with Gasteiger partial charge in [0.15, 0.2) is 28.2 Å². The number of piperidine rings is 4. The molecule has 21 heterocycles. The zero-order valence-electron chi connectivity index (χ0n) is 71.4. The van der Waals surface area contributed by atoms with Gasteiger partial charge >= 0.3 is 0 Å². The summed E-state index contributed by atoms with van der Waals surface area (Å²) in [5.74, 6) is 5.47. The van der Waals surface area contributed by atoms with Crippen molar-refractivity contribution in [3.05, 3.63) is 192 Å². The first-order valence-electron chi connectivity index (χ1n) is 43.2. The molecule has 682 valence electrons. The molecule has 0 aromatic carbocycles. The number of Topliss-reactive ketones (excluding diaryl/α,β-unsaturated/α-hetero) is 1. The fourth-order valence-corrected chi connectivity index (χ4v) is 17.6. The molecule has 3 amide bonds. The number of amides is 3. The van der Waals surface area contributed by atoms with Gasteiger partial charge in [-0.3, -0.25) is 14.4 Å². The third-order valence-corrected chi connectivity index (χ3v) is 24.4. The molecule has 5 atom stereocenters. The molecular weight excluding hydrogens is 1770 g/mol. The van der Waals surface area contributed by atoms with E-state index in [-0.39, 0.29) is 59.9 Å². The summed E-state index contributed by atoms with van der Waals surface area (Å²) >= 11 is 18.0. The molecule has 15 aromatic rings. The second-order valence-corrected chi connectivity index (χ2v) is 33.8. The molecule has 0 bridgehead atoms. The van der Waals surface area contributed by atoms with Crippen LogP contribution >= 0.6 is 34.8 Å². The molecule has 6 fully saturated rings. The number of hydrogen-bond acceptors (Lipinski definition) is 29. The zero-order valence-corrected chi connectivity index (χ0v) is 73.7. The molecule has 0 spiro atoms. The van der Waals surface area contributed by atoms with Crippen LogP contribution in [-0.2, 0) is 19.2 Å². The van der Waals surface area contributed by atoms with Gasteiger partial charge in [-0.1, -0.05) is 34.8 Å². The number of ketones is 1. The fraction of sp³-hybridized carbons (Fsp3) is 0.364. The monoisotopic (exact) mass is 1860 g/mol. The predicted octanol–water partition coefficient (Wildman–Crippen LogP) is 10.6. The Balaban J connectivity index is 0.000000115. The number of nitrogens with zero attached hydrogens (tertiary/aromatic N) is 28. The lowest BCUT2D eigenvalue weighted by atomic mass is 9.89. The minimum Gasteiger partial charge on any atom is -0.395 e. The van der Waals surface area contributed by atoms with Gasteiger partial charge in [0, 0.05) is 133 Å². The number of aliphatic hydroxyl groups is 1. The number of halogens is 7. The minimum absolute atomic E-state index is 0.0624. The number of nitrogens with one attached hydrogen (secondary N) is 3. The molecule has 15 aromatic heterocycles. The van der Waals surface area contributed by atoms with Crippen LogP contribution in [-0.4, -0.2) is 240 Å². The molecule has 132 heavy (non-hydrogen) atoms. The van der Waals surface area contributed by atoms with Crippen molar-refractivity contribution in [3.63, 3.8) is 0 Å². The van der Waals surface area contributed by atoms with Crippen LogP contribution in [0.4, 0.5) is 46.7 Å². The van der Waals surface area contributed by atoms with Crippen molar-refractivity contribution in [2.75, 3.05) is 123 Å². The number of pyridine rings is 2. The van der Waals surface area contributed by atoms with E-state index in [4.69, 9.17) is 45.6 Å². The first-order valence-corrected chi connectivity index (χ1v) is 44.4. The summed E-state index contributed by atoms with van der Waals surface area (Å²) < 4.78 is 60.0. The average Bonchev–Trinajstić information content (AvgIpc) is 1.60. The highest BCUT2D eigenvalue weighted by molar-refractivity contribution is 6.30. The number of alkyl halides is 4. The van der Waals surface area contributed by atoms with E-state index in [1.54, 1.807) is 75.6 Å². The second kappa shape index (κ2) is 41.1. The van der Waals surface area contributed by atoms with Crippen LogP contribution in [0.25, 0.3) is 84.9 Å². The van der Waals surface area contributed by atoms with Gasteiger partial charge in [-0.25, -0.2) is 105 Å². The van der Waals surface area contributed by atoms with Gasteiger partial charge in [0.05, 0.1) is 77.9 Å². The second-order valence-electron chi connectivity index (χ2n) is 32.6. The van der Waals surface area contributed by atoms with E-state index in [1.807, 2.05) is 59.8 Å². The minimum atomic E-state index is -2.69. The van der Waals surface area contributed by atoms with Gasteiger partial charge in [-0.2, -0.15) is 25.5 Å². The van der Waals surface area contributed by atoms with Crippen LogP contribution in [0.1, 0.15) is 88.9 Å². The maximum Gasteiger partial charge on any atom is 0.282 e. The molecule has 44 heteroatoms. The van der Waals surface area contributed by atoms with Gasteiger partial charge in [0.25, 0.3) is 12.9 Å². The van der Waals surface area contributed by atoms with Crippen LogP contribution in [0, 0.1) is 29.6 Å². The Morgan fingerprint density at radius 1 is 0.462 bits per heavy atom. The third kappa shape index (κ3) is 21.1. The van der Waals surface area contributed by atoms with Crippen molar-refractivity contribution in [2.45, 2.75) is 77.6 Å². The quantitative estimate of drug-likeness (QED) is 0.0498. The molecule has 6 aliphatic rings. The molecular formula is C88H91Cl3F4N32O5. The number of aromatic nitrogens is 23. The maximum absolute atomic E-state index is 13.0. The number of anilines is 5. The number of imidazole rings is 5. The molecule has 6 N–H and O–H groups in total. The Kier molecular flexibility index (Phi) is 28.1. The summed E-state index contributed by atoms with van der Waals surface area (Å²) in [5, 5.41) is 40.1. The standard InChI is InChI=1S/C19H21F2N7O2.C19H20F2N6O.C18H19ClN6.C17H17ClN6O.C15H14ClN7O/c20-18(21)13-3-4-16-23-9-15(28(16)26-13)14-8-17(25-11-24-14)27-6-1-2-12(10-27)19(30)22-5-7-29;1-12(28)7-13-3-2-6-26(10-13)18-8-15(23-11-24-18)16-9-22-17-5-4-14(19(20)21)25-27(16)17;19-16-1-2-17-22-10-15(25(17)23-16)12-3-5-21-18(7-12)24-6-4-13-8-20-9-14(13)11-24;18-14-3-4-15-21-9-13(24(15)22-14)11-5-6-20-16(8-11)23-7-1-2-12(10-23)17(19)25;16-12-1-2-13-18-8-11(23(13)21-12)10-7-14(20-9-19-10)22-5-3-15(24)17-4-6-22/h3-4,8-9,11-12,18,29H,1-2,5-7,10H2,(H,22,30);4-5,8-9,11,13,19H,2-3,6-7,10H2,1H3;1-3,5,7,10,13-14,20H,4,6,8-9,11H2;3-6,8-9,12H,1-2,7,10H2,(H2,19,25);1-2,7-9H,3-6H2,(H,17,24)/t;;;12-;/m...0./s1. The summed E-state index contributed by atoms with van der Waals surface area (Å²) in [7, 11) is 0. The number of nitrogens with two attached hydrogens (primary N) is 1. The number of carbonyl (C=O) groups is 4. The Bertz CT molecular complexity index is 6640. The Morgan fingerprint density at radius 3 is 1.37 bits per heavy atom. The van der Waals surface area contributed by atoms with E-state index in [1.165, 1.54) is 71.4 Å². The Morgan fingerprint density at radius 2 is 0.886 bits per heavy atom. The van der Waals surface area contributed by atoms with Crippen LogP contribution in [0.15, 0.2) is 165 Å². The third-order valence-electron chi connectivity index (χ3n) is 23.8. The van der Waals surface area contributed by atoms with E-state index in [2.05, 4.69) is 132 Å². The van der Waals surface area contributed by atoms with Crippen molar-refractivity contribution in [3.8, 4) is 56.7 Å². The molecule has 0 saturated carbocycles. The van der Waals surface area contributed by atoms with E-state index in [0.29, 0.717) is 118 Å². The van der Waals surface area contributed by atoms with Crippen LogP contribution in [0.2, 0.25) is 15.5 Å². The number of rotatable bonds is 18. The first kappa shape index (κ1) is 90.2. The average molecular weight is 1860 g/mol. The predicted molar refractivity (Wildman–Crippen MR) is 485 cm³/mol. The van der Waals surface area contributed by atoms with E-state index >= 15 is 0 Å². The Labute approximate surface area is 766 Å². The lowest BCUT2D eigenvalue weighted by molar-refractivity contribution is -0.125. The molecule has 0 aliphatic carbocycles. The van der Waals surface area contributed by atoms with Crippen LogP contribution in [0.3, 0.4) is 0 Å². The Hall–Kier alpha value is -13.8. The molecule has 37 nitrogen and oxygen atoms in total. The van der Waals surface area contributed by atoms with Gasteiger partial charge in [0.1, 0.15) is 97.8 Å².